The minimum absolute atomic E-state index is 0.0318. The first-order chi connectivity index (χ1) is 6.24. The molecule has 13 heavy (non-hydrogen) atoms. The number of pyridine rings is 1. The van der Waals surface area contributed by atoms with Crippen LogP contribution in [0, 0.1) is 0 Å². The zero-order valence-corrected chi connectivity index (χ0v) is 8.42. The summed E-state index contributed by atoms with van der Waals surface area (Å²) in [7, 11) is 0. The van der Waals surface area contributed by atoms with Gasteiger partial charge >= 0.3 is 0 Å². The van der Waals surface area contributed by atoms with Crippen molar-refractivity contribution in [2.75, 3.05) is 12.4 Å². The van der Waals surface area contributed by atoms with Crippen molar-refractivity contribution in [3.63, 3.8) is 0 Å². The maximum absolute atomic E-state index is 8.60. The number of aliphatic hydroxyl groups excluding tert-OH is 1. The van der Waals surface area contributed by atoms with Gasteiger partial charge in [-0.1, -0.05) is 6.07 Å². The Morgan fingerprint density at radius 2 is 2.38 bits per heavy atom. The van der Waals surface area contributed by atoms with Gasteiger partial charge in [0.25, 0.3) is 0 Å². The molecule has 1 aromatic rings. The van der Waals surface area contributed by atoms with Gasteiger partial charge in [-0.15, -0.1) is 11.8 Å². The van der Waals surface area contributed by atoms with Crippen molar-refractivity contribution in [1.29, 1.82) is 0 Å². The minimum atomic E-state index is 0.0318. The number of nitrogens with two attached hydrogens (primary N) is 1. The molecule has 1 heterocycles. The highest BCUT2D eigenvalue weighted by atomic mass is 32.2. The van der Waals surface area contributed by atoms with Gasteiger partial charge in [-0.05, 0) is 18.6 Å². The number of hydrogen-bond acceptors (Lipinski definition) is 4. The minimum Gasteiger partial charge on any atom is -0.396 e. The normalized spacial score (nSPS) is 12.8. The smallest absolute Gasteiger partial charge is 0.0960 e. The average Bonchev–Trinajstić information content (AvgIpc) is 2.15. The van der Waals surface area contributed by atoms with Crippen LogP contribution in [-0.4, -0.2) is 22.5 Å². The molecule has 3 N–H and O–H groups in total. The van der Waals surface area contributed by atoms with Gasteiger partial charge in [0.15, 0.2) is 0 Å². The maximum atomic E-state index is 8.60. The van der Waals surface area contributed by atoms with Crippen molar-refractivity contribution in [2.45, 2.75) is 18.0 Å². The first-order valence-electron chi connectivity index (χ1n) is 4.19. The molecule has 0 unspecified atom stereocenters. The monoisotopic (exact) mass is 198 g/mol. The Hall–Kier alpha value is -0.580. The third-order valence-corrected chi connectivity index (χ3v) is 2.55. The van der Waals surface area contributed by atoms with Crippen LogP contribution in [0.15, 0.2) is 23.4 Å². The maximum Gasteiger partial charge on any atom is 0.0960 e. The Labute approximate surface area is 82.4 Å². The summed E-state index contributed by atoms with van der Waals surface area (Å²) in [5.41, 5.74) is 6.71. The third-order valence-electron chi connectivity index (χ3n) is 1.63. The molecule has 0 aromatic carbocycles. The molecular formula is C9H14N2OS. The average molecular weight is 198 g/mol. The summed E-state index contributed by atoms with van der Waals surface area (Å²) in [6, 6.07) is 3.93. The second-order valence-corrected chi connectivity index (χ2v) is 3.91. The molecule has 1 aromatic heterocycles. The molecule has 1 atom stereocenters. The fourth-order valence-electron chi connectivity index (χ4n) is 0.897. The molecule has 0 saturated carbocycles. The van der Waals surface area contributed by atoms with Gasteiger partial charge in [0.2, 0.25) is 0 Å². The van der Waals surface area contributed by atoms with E-state index in [2.05, 4.69) is 4.98 Å². The van der Waals surface area contributed by atoms with Crippen molar-refractivity contribution in [3.05, 3.63) is 23.9 Å². The second kappa shape index (κ2) is 5.21. The first-order valence-corrected chi connectivity index (χ1v) is 5.18. The van der Waals surface area contributed by atoms with Crippen molar-refractivity contribution >= 4 is 11.8 Å². The van der Waals surface area contributed by atoms with Gasteiger partial charge in [0, 0.05) is 18.0 Å². The van der Waals surface area contributed by atoms with Gasteiger partial charge in [0.05, 0.1) is 11.6 Å². The fourth-order valence-corrected chi connectivity index (χ4v) is 1.49. The highest BCUT2D eigenvalue weighted by Crippen LogP contribution is 2.16. The van der Waals surface area contributed by atoms with Crippen LogP contribution < -0.4 is 5.73 Å². The molecule has 0 aliphatic heterocycles. The lowest BCUT2D eigenvalue weighted by Crippen LogP contribution is -2.05. The van der Waals surface area contributed by atoms with E-state index >= 15 is 0 Å². The number of aromatic nitrogens is 1. The predicted octanol–water partition coefficient (Wildman–Crippen LogP) is 1.19. The molecule has 0 saturated heterocycles. The van der Waals surface area contributed by atoms with E-state index in [9.17, 15) is 0 Å². The molecule has 0 fully saturated rings. The molecule has 0 radical (unpaired) electrons. The second-order valence-electron chi connectivity index (χ2n) is 2.79. The summed E-state index contributed by atoms with van der Waals surface area (Å²) in [4.78, 5) is 4.21. The zero-order chi connectivity index (χ0) is 9.68. The van der Waals surface area contributed by atoms with E-state index in [1.807, 2.05) is 19.1 Å². The Morgan fingerprint density at radius 1 is 1.62 bits per heavy atom. The van der Waals surface area contributed by atoms with E-state index in [4.69, 9.17) is 10.8 Å². The Balaban J connectivity index is 2.59. The quantitative estimate of drug-likeness (QED) is 0.713. The number of hydrogen-bond donors (Lipinski definition) is 2. The number of aliphatic hydroxyl groups is 1. The van der Waals surface area contributed by atoms with Gasteiger partial charge < -0.3 is 10.8 Å². The van der Waals surface area contributed by atoms with Crippen LogP contribution in [0.5, 0.6) is 0 Å². The molecular weight excluding hydrogens is 184 g/mol. The van der Waals surface area contributed by atoms with Gasteiger partial charge in [-0.3, -0.25) is 0 Å². The van der Waals surface area contributed by atoms with E-state index in [0.717, 1.165) is 10.6 Å². The molecule has 3 nitrogen and oxygen atoms in total. The first kappa shape index (κ1) is 10.5. The van der Waals surface area contributed by atoms with E-state index in [1.165, 1.54) is 11.8 Å². The standard InChI is InChI=1S/C9H14N2OS/c1-7(10)8-2-3-9(11-6-8)13-5-4-12/h2-3,6-7,12H,4-5,10H2,1H3/t7-/m1/s1. The van der Waals surface area contributed by atoms with Gasteiger partial charge in [0.1, 0.15) is 0 Å². The molecule has 0 aliphatic rings. The van der Waals surface area contributed by atoms with Crippen molar-refractivity contribution in [2.24, 2.45) is 5.73 Å². The van der Waals surface area contributed by atoms with Crippen LogP contribution >= 0.6 is 11.8 Å². The van der Waals surface area contributed by atoms with Gasteiger partial charge in [-0.25, -0.2) is 4.98 Å². The van der Waals surface area contributed by atoms with E-state index in [0.29, 0.717) is 5.75 Å². The van der Waals surface area contributed by atoms with Crippen LogP contribution in [-0.2, 0) is 0 Å². The molecule has 4 heteroatoms. The molecule has 0 amide bonds. The molecule has 0 bridgehead atoms. The lowest BCUT2D eigenvalue weighted by Gasteiger charge is -2.05. The molecule has 72 valence electrons. The van der Waals surface area contributed by atoms with Crippen molar-refractivity contribution < 1.29 is 5.11 Å². The van der Waals surface area contributed by atoms with Crippen molar-refractivity contribution in [1.82, 2.24) is 4.98 Å². The Kier molecular flexibility index (Phi) is 4.21. The van der Waals surface area contributed by atoms with Crippen LogP contribution in [0.1, 0.15) is 18.5 Å². The highest BCUT2D eigenvalue weighted by molar-refractivity contribution is 7.99. The Morgan fingerprint density at radius 3 is 2.85 bits per heavy atom. The summed E-state index contributed by atoms with van der Waals surface area (Å²) in [5.74, 6) is 0.685. The number of rotatable bonds is 4. The lowest BCUT2D eigenvalue weighted by atomic mass is 10.2. The van der Waals surface area contributed by atoms with E-state index < -0.39 is 0 Å². The number of thioether (sulfide) groups is 1. The Bertz CT molecular complexity index is 248. The van der Waals surface area contributed by atoms with Gasteiger partial charge in [-0.2, -0.15) is 0 Å². The van der Waals surface area contributed by atoms with E-state index in [1.54, 1.807) is 6.20 Å². The summed E-state index contributed by atoms with van der Waals surface area (Å²) >= 11 is 1.54. The van der Waals surface area contributed by atoms with Crippen LogP contribution in [0.4, 0.5) is 0 Å². The fraction of sp³-hybridized carbons (Fsp3) is 0.444. The summed E-state index contributed by atoms with van der Waals surface area (Å²) in [5, 5.41) is 9.53. The summed E-state index contributed by atoms with van der Waals surface area (Å²) in [6.07, 6.45) is 1.78. The largest absolute Gasteiger partial charge is 0.396 e. The topological polar surface area (TPSA) is 59.1 Å². The molecule has 0 aliphatic carbocycles. The highest BCUT2D eigenvalue weighted by Gasteiger charge is 1.99. The third kappa shape index (κ3) is 3.34. The summed E-state index contributed by atoms with van der Waals surface area (Å²) < 4.78 is 0. The molecule has 0 spiro atoms. The van der Waals surface area contributed by atoms with E-state index in [-0.39, 0.29) is 12.6 Å². The SMILES string of the molecule is C[C@@H](N)c1ccc(SCCO)nc1. The zero-order valence-electron chi connectivity index (χ0n) is 7.60. The number of nitrogens with zero attached hydrogens (tertiary/aromatic N) is 1. The molecule has 1 rings (SSSR count). The predicted molar refractivity (Wildman–Crippen MR) is 54.6 cm³/mol. The van der Waals surface area contributed by atoms with Crippen molar-refractivity contribution in [3.8, 4) is 0 Å². The van der Waals surface area contributed by atoms with Crippen LogP contribution in [0.25, 0.3) is 0 Å². The summed E-state index contributed by atoms with van der Waals surface area (Å²) in [6.45, 7) is 2.11. The lowest BCUT2D eigenvalue weighted by molar-refractivity contribution is 0.322. The van der Waals surface area contributed by atoms with Crippen LogP contribution in [0.3, 0.4) is 0 Å². The van der Waals surface area contributed by atoms with Crippen LogP contribution in [0.2, 0.25) is 0 Å².